The van der Waals surface area contributed by atoms with Gasteiger partial charge in [-0.15, -0.1) is 0 Å². The van der Waals surface area contributed by atoms with Gasteiger partial charge in [0.05, 0.1) is 0 Å². The molecule has 1 aromatic carbocycles. The molecule has 2 aliphatic rings. The summed E-state index contributed by atoms with van der Waals surface area (Å²) in [6.45, 7) is 0. The van der Waals surface area contributed by atoms with E-state index in [0.717, 1.165) is 5.69 Å². The first-order chi connectivity index (χ1) is 7.75. The summed E-state index contributed by atoms with van der Waals surface area (Å²) in [5, 5.41) is 3.02. The minimum Gasteiger partial charge on any atom is -0.326 e. The van der Waals surface area contributed by atoms with Crippen LogP contribution in [0.25, 0.3) is 0 Å². The van der Waals surface area contributed by atoms with Crippen LogP contribution in [-0.4, -0.2) is 5.91 Å². The molecule has 0 aromatic heterocycles. The molecule has 1 amide bonds. The summed E-state index contributed by atoms with van der Waals surface area (Å²) >= 11 is 2.26. The second-order valence-corrected chi connectivity index (χ2v) is 6.03. The van der Waals surface area contributed by atoms with Crippen LogP contribution in [0.3, 0.4) is 0 Å². The van der Waals surface area contributed by atoms with Crippen LogP contribution in [0, 0.1) is 21.3 Å². The number of halogens is 1. The number of hydrogen-bond acceptors (Lipinski definition) is 1. The molecule has 2 saturated carbocycles. The molecule has 0 saturated heterocycles. The Labute approximate surface area is 109 Å². The summed E-state index contributed by atoms with van der Waals surface area (Å²) in [5.41, 5.74) is 0.926. The van der Waals surface area contributed by atoms with Crippen LogP contribution in [0.1, 0.15) is 19.3 Å². The number of anilines is 1. The summed E-state index contributed by atoms with van der Waals surface area (Å²) in [6.07, 6.45) is 3.84. The van der Waals surface area contributed by atoms with Crippen LogP contribution >= 0.6 is 22.6 Å². The van der Waals surface area contributed by atoms with Crippen molar-refractivity contribution in [3.63, 3.8) is 0 Å². The minimum atomic E-state index is 0.232. The van der Waals surface area contributed by atoms with Gasteiger partial charge >= 0.3 is 0 Å². The predicted molar refractivity (Wildman–Crippen MR) is 72.1 cm³/mol. The normalized spacial score (nSPS) is 30.9. The standard InChI is InChI=1S/C13H14INO/c14-8-4-6-9(7-5-8)15-13(16)12-10-2-1-3-11(10)12/h4-7,10-12H,1-3H2,(H,15,16). The number of carbonyl (C=O) groups excluding carboxylic acids is 1. The highest BCUT2D eigenvalue weighted by atomic mass is 127. The lowest BCUT2D eigenvalue weighted by molar-refractivity contribution is -0.118. The minimum absolute atomic E-state index is 0.232. The first-order valence-electron chi connectivity index (χ1n) is 5.82. The Morgan fingerprint density at radius 3 is 2.44 bits per heavy atom. The second kappa shape index (κ2) is 4.02. The number of carbonyl (C=O) groups is 1. The molecule has 0 aliphatic heterocycles. The highest BCUT2D eigenvalue weighted by molar-refractivity contribution is 14.1. The van der Waals surface area contributed by atoms with Crippen molar-refractivity contribution in [2.24, 2.45) is 17.8 Å². The van der Waals surface area contributed by atoms with Gasteiger partial charge in [0.15, 0.2) is 0 Å². The van der Waals surface area contributed by atoms with E-state index in [0.29, 0.717) is 17.8 Å². The molecule has 2 nitrogen and oxygen atoms in total. The zero-order valence-electron chi connectivity index (χ0n) is 8.95. The lowest BCUT2D eigenvalue weighted by Gasteiger charge is -2.06. The van der Waals surface area contributed by atoms with Crippen molar-refractivity contribution in [3.8, 4) is 0 Å². The van der Waals surface area contributed by atoms with E-state index in [-0.39, 0.29) is 5.91 Å². The van der Waals surface area contributed by atoms with Gasteiger partial charge in [0.25, 0.3) is 0 Å². The van der Waals surface area contributed by atoms with Gasteiger partial charge in [0.2, 0.25) is 5.91 Å². The molecular formula is C13H14INO. The Kier molecular flexibility index (Phi) is 2.65. The molecule has 2 atom stereocenters. The Morgan fingerprint density at radius 2 is 1.81 bits per heavy atom. The smallest absolute Gasteiger partial charge is 0.228 e. The van der Waals surface area contributed by atoms with Gasteiger partial charge in [-0.2, -0.15) is 0 Å². The average Bonchev–Trinajstić information content (AvgIpc) is 2.76. The zero-order valence-corrected chi connectivity index (χ0v) is 11.1. The summed E-state index contributed by atoms with van der Waals surface area (Å²) in [7, 11) is 0. The van der Waals surface area contributed by atoms with Gasteiger partial charge in [0.1, 0.15) is 0 Å². The van der Waals surface area contributed by atoms with E-state index in [9.17, 15) is 4.79 Å². The van der Waals surface area contributed by atoms with Gasteiger partial charge in [-0.1, -0.05) is 6.42 Å². The van der Waals surface area contributed by atoms with E-state index in [2.05, 4.69) is 27.9 Å². The van der Waals surface area contributed by atoms with Crippen LogP contribution in [0.4, 0.5) is 5.69 Å². The Balaban J connectivity index is 1.63. The van der Waals surface area contributed by atoms with Crippen molar-refractivity contribution >= 4 is 34.2 Å². The van der Waals surface area contributed by atoms with E-state index < -0.39 is 0 Å². The van der Waals surface area contributed by atoms with E-state index >= 15 is 0 Å². The number of amides is 1. The Bertz CT molecular complexity index is 404. The van der Waals surface area contributed by atoms with Gasteiger partial charge in [-0.25, -0.2) is 0 Å². The monoisotopic (exact) mass is 327 g/mol. The second-order valence-electron chi connectivity index (χ2n) is 4.78. The van der Waals surface area contributed by atoms with Crippen molar-refractivity contribution in [1.82, 2.24) is 0 Å². The maximum atomic E-state index is 12.0. The van der Waals surface area contributed by atoms with E-state index in [1.54, 1.807) is 0 Å². The topological polar surface area (TPSA) is 29.1 Å². The molecule has 1 aromatic rings. The molecule has 3 rings (SSSR count). The van der Waals surface area contributed by atoms with Crippen molar-refractivity contribution in [2.75, 3.05) is 5.32 Å². The lowest BCUT2D eigenvalue weighted by atomic mass is 10.1. The van der Waals surface area contributed by atoms with Crippen LogP contribution < -0.4 is 5.32 Å². The number of benzene rings is 1. The lowest BCUT2D eigenvalue weighted by Crippen LogP contribution is -2.16. The van der Waals surface area contributed by atoms with Gasteiger partial charge in [0, 0.05) is 15.2 Å². The van der Waals surface area contributed by atoms with Gasteiger partial charge in [-0.05, 0) is 71.5 Å². The predicted octanol–water partition coefficient (Wildman–Crippen LogP) is 3.28. The maximum absolute atomic E-state index is 12.0. The first kappa shape index (κ1) is 10.6. The van der Waals surface area contributed by atoms with Crippen LogP contribution in [0.5, 0.6) is 0 Å². The number of nitrogens with one attached hydrogen (secondary N) is 1. The number of fused-ring (bicyclic) bond motifs is 1. The molecule has 3 heteroatoms. The largest absolute Gasteiger partial charge is 0.326 e. The quantitative estimate of drug-likeness (QED) is 0.830. The van der Waals surface area contributed by atoms with Crippen molar-refractivity contribution in [2.45, 2.75) is 19.3 Å². The summed E-state index contributed by atoms with van der Waals surface area (Å²) in [6, 6.07) is 7.98. The third kappa shape index (κ3) is 1.85. The fourth-order valence-corrected chi connectivity index (χ4v) is 3.33. The third-order valence-corrected chi connectivity index (χ3v) is 4.54. The van der Waals surface area contributed by atoms with Crippen LogP contribution in [0.15, 0.2) is 24.3 Å². The highest BCUT2D eigenvalue weighted by Crippen LogP contribution is 2.57. The van der Waals surface area contributed by atoms with Crippen LogP contribution in [0.2, 0.25) is 0 Å². The van der Waals surface area contributed by atoms with E-state index in [4.69, 9.17) is 0 Å². The average molecular weight is 327 g/mol. The molecule has 84 valence electrons. The summed E-state index contributed by atoms with van der Waals surface area (Å²) in [4.78, 5) is 12.0. The zero-order chi connectivity index (χ0) is 11.1. The Hall–Kier alpha value is -0.580. The molecule has 2 aliphatic carbocycles. The van der Waals surface area contributed by atoms with Gasteiger partial charge < -0.3 is 5.32 Å². The summed E-state index contributed by atoms with van der Waals surface area (Å²) in [5.74, 6) is 1.94. The molecule has 16 heavy (non-hydrogen) atoms. The fourth-order valence-electron chi connectivity index (χ4n) is 2.97. The fraction of sp³-hybridized carbons (Fsp3) is 0.462. The van der Waals surface area contributed by atoms with Crippen molar-refractivity contribution < 1.29 is 4.79 Å². The molecule has 2 fully saturated rings. The third-order valence-electron chi connectivity index (χ3n) is 3.82. The molecule has 0 radical (unpaired) electrons. The van der Waals surface area contributed by atoms with Crippen molar-refractivity contribution in [3.05, 3.63) is 27.8 Å². The molecule has 1 N–H and O–H groups in total. The highest BCUT2D eigenvalue weighted by Gasteiger charge is 2.56. The van der Waals surface area contributed by atoms with E-state index in [1.807, 2.05) is 24.3 Å². The summed E-state index contributed by atoms with van der Waals surface area (Å²) < 4.78 is 1.19. The first-order valence-corrected chi connectivity index (χ1v) is 6.90. The van der Waals surface area contributed by atoms with E-state index in [1.165, 1.54) is 22.8 Å². The molecule has 0 spiro atoms. The van der Waals surface area contributed by atoms with Crippen molar-refractivity contribution in [1.29, 1.82) is 0 Å². The molecule has 2 unspecified atom stereocenters. The Morgan fingerprint density at radius 1 is 1.19 bits per heavy atom. The molecule has 0 heterocycles. The maximum Gasteiger partial charge on any atom is 0.228 e. The van der Waals surface area contributed by atoms with Gasteiger partial charge in [-0.3, -0.25) is 4.79 Å². The number of rotatable bonds is 2. The number of hydrogen-bond donors (Lipinski definition) is 1. The molecule has 0 bridgehead atoms. The molecular weight excluding hydrogens is 313 g/mol. The van der Waals surface area contributed by atoms with Crippen LogP contribution in [-0.2, 0) is 4.79 Å². The SMILES string of the molecule is O=C(Nc1ccc(I)cc1)C1C2CCCC21.